The van der Waals surface area contributed by atoms with Crippen LogP contribution < -0.4 is 0 Å². The molecule has 0 aromatic carbocycles. The molecule has 0 amide bonds. The van der Waals surface area contributed by atoms with Crippen LogP contribution in [0.15, 0.2) is 23.3 Å². The lowest BCUT2D eigenvalue weighted by Crippen LogP contribution is -2.63. The fourth-order valence-corrected chi connectivity index (χ4v) is 5.69. The van der Waals surface area contributed by atoms with Crippen LogP contribution in [-0.4, -0.2) is 63.7 Å². The summed E-state index contributed by atoms with van der Waals surface area (Å²) < 4.78 is 18.2. The lowest BCUT2D eigenvalue weighted by molar-refractivity contribution is -0.338. The highest BCUT2D eigenvalue weighted by atomic mass is 16.7. The zero-order chi connectivity index (χ0) is 24.7. The molecule has 0 radical (unpaired) electrons. The molecule has 2 fully saturated rings. The number of hydrogen-bond acceptors (Lipinski definition) is 7. The first-order chi connectivity index (χ1) is 15.3. The Kier molecular flexibility index (Phi) is 7.81. The predicted octanol–water partition coefficient (Wildman–Crippen LogP) is 3.26. The van der Waals surface area contributed by atoms with Crippen molar-refractivity contribution in [2.24, 2.45) is 17.3 Å². The van der Waals surface area contributed by atoms with E-state index in [4.69, 9.17) is 14.2 Å². The SMILES string of the molecule is C/C=C(/C)C(=O)O[C@@H]1[C@@H](O[C@]2(C)CC[C@H](O)[C@@]3(C)CC=C(C(C)C)C[C@@H]32)O[C@@H](C)[C@@H](O)[C@@H]1O. The molecule has 3 N–H and O–H groups in total. The number of carbonyl (C=O) groups excluding carboxylic acids is 1. The third-order valence-electron chi connectivity index (χ3n) is 8.36. The second-order valence-electron chi connectivity index (χ2n) is 10.9. The highest BCUT2D eigenvalue weighted by Crippen LogP contribution is 2.56. The molecule has 1 saturated carbocycles. The Morgan fingerprint density at radius 1 is 1.24 bits per heavy atom. The molecule has 1 aliphatic heterocycles. The minimum atomic E-state index is -1.34. The second kappa shape index (κ2) is 9.78. The summed E-state index contributed by atoms with van der Waals surface area (Å²) in [6.07, 6.45) is 0.791. The molecule has 0 aromatic rings. The molecule has 188 valence electrons. The topological polar surface area (TPSA) is 105 Å². The van der Waals surface area contributed by atoms with Crippen LogP contribution >= 0.6 is 0 Å². The number of carbonyl (C=O) groups is 1. The van der Waals surface area contributed by atoms with Gasteiger partial charge in [-0.15, -0.1) is 0 Å². The highest BCUT2D eigenvalue weighted by Gasteiger charge is 2.57. The van der Waals surface area contributed by atoms with E-state index in [0.29, 0.717) is 24.3 Å². The number of esters is 1. The lowest BCUT2D eigenvalue weighted by atomic mass is 9.54. The van der Waals surface area contributed by atoms with Gasteiger partial charge in [0.25, 0.3) is 0 Å². The van der Waals surface area contributed by atoms with E-state index in [1.807, 2.05) is 6.92 Å². The van der Waals surface area contributed by atoms with Gasteiger partial charge in [0.05, 0.1) is 17.8 Å². The minimum absolute atomic E-state index is 0.0210. The monoisotopic (exact) mass is 466 g/mol. The normalized spacial score (nSPS) is 44.3. The van der Waals surface area contributed by atoms with E-state index in [0.717, 1.165) is 12.8 Å². The van der Waals surface area contributed by atoms with Gasteiger partial charge >= 0.3 is 5.97 Å². The Morgan fingerprint density at radius 2 is 1.91 bits per heavy atom. The van der Waals surface area contributed by atoms with Crippen LogP contribution in [0, 0.1) is 17.3 Å². The molecule has 1 saturated heterocycles. The van der Waals surface area contributed by atoms with E-state index in [-0.39, 0.29) is 11.3 Å². The van der Waals surface area contributed by atoms with Crippen molar-refractivity contribution in [2.45, 2.75) is 117 Å². The van der Waals surface area contributed by atoms with Gasteiger partial charge in [0.2, 0.25) is 0 Å². The van der Waals surface area contributed by atoms with Crippen molar-refractivity contribution in [1.82, 2.24) is 0 Å². The fraction of sp³-hybridized carbons (Fsp3) is 0.808. The van der Waals surface area contributed by atoms with Gasteiger partial charge in [-0.05, 0) is 65.2 Å². The first-order valence-electron chi connectivity index (χ1n) is 12.2. The Balaban J connectivity index is 1.91. The van der Waals surface area contributed by atoms with Crippen LogP contribution in [0.1, 0.15) is 74.1 Å². The van der Waals surface area contributed by atoms with Crippen LogP contribution in [0.5, 0.6) is 0 Å². The molecule has 3 rings (SSSR count). The van der Waals surface area contributed by atoms with Crippen LogP contribution in [0.4, 0.5) is 0 Å². The minimum Gasteiger partial charge on any atom is -0.451 e. The number of allylic oxidation sites excluding steroid dienone is 3. The quantitative estimate of drug-likeness (QED) is 0.324. The number of rotatable bonds is 5. The number of ether oxygens (including phenoxy) is 3. The standard InChI is InChI=1S/C26H42O7/c1-8-15(4)23(30)32-22-21(29)20(28)16(5)31-24(22)33-26(7)12-10-19(27)25(6)11-9-17(14(2)3)13-18(25)26/h8-9,14,16,18-22,24,27-29H,10-13H2,1-7H3/b15-8-/t16-,18-,19-,20+,21-,22-,24+,25-,26+/m0/s1. The summed E-state index contributed by atoms with van der Waals surface area (Å²) in [5.74, 6) is -0.164. The van der Waals surface area contributed by atoms with Crippen molar-refractivity contribution in [3.8, 4) is 0 Å². The number of fused-ring (bicyclic) bond motifs is 1. The van der Waals surface area contributed by atoms with E-state index in [1.165, 1.54) is 5.57 Å². The van der Waals surface area contributed by atoms with Crippen LogP contribution in [0.2, 0.25) is 0 Å². The van der Waals surface area contributed by atoms with E-state index in [2.05, 4.69) is 26.8 Å². The third kappa shape index (κ3) is 4.94. The van der Waals surface area contributed by atoms with Gasteiger partial charge in [0, 0.05) is 11.0 Å². The summed E-state index contributed by atoms with van der Waals surface area (Å²) >= 11 is 0. The maximum Gasteiger partial charge on any atom is 0.333 e. The molecule has 0 spiro atoms. The summed E-state index contributed by atoms with van der Waals surface area (Å²) in [6, 6.07) is 0. The van der Waals surface area contributed by atoms with Crippen molar-refractivity contribution in [1.29, 1.82) is 0 Å². The molecular weight excluding hydrogens is 424 g/mol. The molecule has 0 aromatic heterocycles. The van der Waals surface area contributed by atoms with E-state index in [9.17, 15) is 20.1 Å². The van der Waals surface area contributed by atoms with Gasteiger partial charge in [-0.25, -0.2) is 4.79 Å². The van der Waals surface area contributed by atoms with Crippen molar-refractivity contribution >= 4 is 5.97 Å². The highest BCUT2D eigenvalue weighted by molar-refractivity contribution is 5.87. The Morgan fingerprint density at radius 3 is 2.52 bits per heavy atom. The van der Waals surface area contributed by atoms with Crippen molar-refractivity contribution in [2.75, 3.05) is 0 Å². The largest absolute Gasteiger partial charge is 0.451 e. The summed E-state index contributed by atoms with van der Waals surface area (Å²) in [5, 5.41) is 32.1. The van der Waals surface area contributed by atoms with Crippen molar-refractivity contribution in [3.63, 3.8) is 0 Å². The number of aliphatic hydroxyl groups excluding tert-OH is 3. The van der Waals surface area contributed by atoms with Gasteiger partial charge < -0.3 is 29.5 Å². The van der Waals surface area contributed by atoms with Gasteiger partial charge in [-0.1, -0.05) is 38.5 Å². The Labute approximate surface area is 197 Å². The summed E-state index contributed by atoms with van der Waals surface area (Å²) in [7, 11) is 0. The predicted molar refractivity (Wildman–Crippen MR) is 124 cm³/mol. The molecular formula is C26H42O7. The number of hydrogen-bond donors (Lipinski definition) is 3. The molecule has 2 aliphatic carbocycles. The van der Waals surface area contributed by atoms with Crippen LogP contribution in [0.3, 0.4) is 0 Å². The second-order valence-corrected chi connectivity index (χ2v) is 10.9. The Bertz CT molecular complexity index is 790. The molecule has 1 heterocycles. The summed E-state index contributed by atoms with van der Waals surface area (Å²) in [6.45, 7) is 13.5. The third-order valence-corrected chi connectivity index (χ3v) is 8.36. The molecule has 7 heteroatoms. The lowest BCUT2D eigenvalue weighted by Gasteiger charge is -2.57. The maximum absolute atomic E-state index is 12.5. The smallest absolute Gasteiger partial charge is 0.333 e. The maximum atomic E-state index is 12.5. The zero-order valence-electron chi connectivity index (χ0n) is 21.1. The summed E-state index contributed by atoms with van der Waals surface area (Å²) in [4.78, 5) is 12.5. The van der Waals surface area contributed by atoms with E-state index < -0.39 is 48.4 Å². The first kappa shape index (κ1) is 26.4. The molecule has 0 unspecified atom stereocenters. The first-order valence-corrected chi connectivity index (χ1v) is 12.2. The van der Waals surface area contributed by atoms with Crippen molar-refractivity contribution < 1.29 is 34.3 Å². The van der Waals surface area contributed by atoms with Gasteiger partial charge in [-0.2, -0.15) is 0 Å². The molecule has 33 heavy (non-hydrogen) atoms. The zero-order valence-corrected chi connectivity index (χ0v) is 21.1. The molecule has 7 nitrogen and oxygen atoms in total. The van der Waals surface area contributed by atoms with E-state index in [1.54, 1.807) is 26.8 Å². The summed E-state index contributed by atoms with van der Waals surface area (Å²) in [5.41, 5.74) is 0.723. The molecule has 9 atom stereocenters. The van der Waals surface area contributed by atoms with Crippen molar-refractivity contribution in [3.05, 3.63) is 23.3 Å². The molecule has 0 bridgehead atoms. The van der Waals surface area contributed by atoms with E-state index >= 15 is 0 Å². The average Bonchev–Trinajstić information content (AvgIpc) is 2.77. The number of aliphatic hydroxyl groups is 3. The Hall–Kier alpha value is -1.25. The van der Waals surface area contributed by atoms with Gasteiger partial charge in [0.15, 0.2) is 12.4 Å². The fourth-order valence-electron chi connectivity index (χ4n) is 5.69. The average molecular weight is 467 g/mol. The van der Waals surface area contributed by atoms with Gasteiger partial charge in [-0.3, -0.25) is 0 Å². The van der Waals surface area contributed by atoms with Crippen LogP contribution in [0.25, 0.3) is 0 Å². The molecule has 3 aliphatic rings. The van der Waals surface area contributed by atoms with Gasteiger partial charge in [0.1, 0.15) is 12.2 Å². The van der Waals surface area contributed by atoms with Crippen LogP contribution in [-0.2, 0) is 19.0 Å².